The summed E-state index contributed by atoms with van der Waals surface area (Å²) < 4.78 is 37.2. The zero-order valence-corrected chi connectivity index (χ0v) is 9.70. The van der Waals surface area contributed by atoms with Crippen molar-refractivity contribution < 1.29 is 18.1 Å². The molecule has 2 N–H and O–H groups in total. The second-order valence-corrected chi connectivity index (χ2v) is 4.28. The van der Waals surface area contributed by atoms with Crippen LogP contribution in [0.5, 0.6) is 0 Å². The van der Waals surface area contributed by atoms with Crippen molar-refractivity contribution in [1.82, 2.24) is 15.0 Å². The van der Waals surface area contributed by atoms with Gasteiger partial charge in [0.1, 0.15) is 6.20 Å². The van der Waals surface area contributed by atoms with E-state index in [1.807, 2.05) is 0 Å². The van der Waals surface area contributed by atoms with E-state index in [9.17, 15) is 23.3 Å². The van der Waals surface area contributed by atoms with E-state index in [2.05, 4.69) is 15.0 Å². The third-order valence-corrected chi connectivity index (χ3v) is 3.02. The van der Waals surface area contributed by atoms with Crippen molar-refractivity contribution in [1.29, 1.82) is 0 Å². The highest BCUT2D eigenvalue weighted by atomic mass is 32.1. The van der Waals surface area contributed by atoms with Crippen LogP contribution in [0.15, 0.2) is 12.4 Å². The molecule has 11 heteroatoms. The van der Waals surface area contributed by atoms with Gasteiger partial charge in [0, 0.05) is 6.20 Å². The Labute approximate surface area is 107 Å². The Balaban J connectivity index is 2.55. The standard InChI is InChI=1S/C8H4F3N5O2S/c9-8(10,11)6-13-2-4(19-6)5-3(16(17)18)1-14-7(12)15-5/h1-2H,(H2,12,14,15). The second-order valence-electron chi connectivity index (χ2n) is 3.25. The summed E-state index contributed by atoms with van der Waals surface area (Å²) in [6.45, 7) is 0. The molecule has 0 aromatic carbocycles. The summed E-state index contributed by atoms with van der Waals surface area (Å²) in [5.74, 6) is -0.275. The molecule has 0 amide bonds. The quantitative estimate of drug-likeness (QED) is 0.670. The van der Waals surface area contributed by atoms with Crippen LogP contribution in [0.25, 0.3) is 10.6 Å². The monoisotopic (exact) mass is 291 g/mol. The number of nitrogens with two attached hydrogens (primary N) is 1. The summed E-state index contributed by atoms with van der Waals surface area (Å²) in [5, 5.41) is 9.64. The Morgan fingerprint density at radius 1 is 1.32 bits per heavy atom. The maximum atomic E-state index is 12.4. The molecule has 2 aromatic rings. The van der Waals surface area contributed by atoms with Gasteiger partial charge in [0.2, 0.25) is 5.95 Å². The number of nitrogen functional groups attached to an aromatic ring is 1. The number of nitro groups is 1. The molecule has 0 spiro atoms. The van der Waals surface area contributed by atoms with Gasteiger partial charge >= 0.3 is 11.9 Å². The summed E-state index contributed by atoms with van der Waals surface area (Å²) in [6.07, 6.45) is -2.91. The van der Waals surface area contributed by atoms with Gasteiger partial charge in [0.25, 0.3) is 0 Å². The van der Waals surface area contributed by atoms with Gasteiger partial charge in [-0.2, -0.15) is 13.2 Å². The summed E-state index contributed by atoms with van der Waals surface area (Å²) in [5.41, 5.74) is 4.45. The Kier molecular flexibility index (Phi) is 3.06. The normalized spacial score (nSPS) is 11.5. The van der Waals surface area contributed by atoms with Gasteiger partial charge in [-0.1, -0.05) is 0 Å². The van der Waals surface area contributed by atoms with E-state index in [4.69, 9.17) is 5.73 Å². The van der Waals surface area contributed by atoms with Gasteiger partial charge < -0.3 is 5.73 Å². The van der Waals surface area contributed by atoms with E-state index < -0.39 is 21.8 Å². The van der Waals surface area contributed by atoms with Crippen molar-refractivity contribution in [3.63, 3.8) is 0 Å². The Bertz CT molecular complexity index is 642. The summed E-state index contributed by atoms with van der Waals surface area (Å²) >= 11 is 0.247. The number of nitrogens with zero attached hydrogens (tertiary/aromatic N) is 4. The van der Waals surface area contributed by atoms with E-state index in [-0.39, 0.29) is 27.9 Å². The molecule has 100 valence electrons. The molecule has 0 aliphatic rings. The number of anilines is 1. The largest absolute Gasteiger partial charge is 0.443 e. The molecule has 0 aliphatic heterocycles. The summed E-state index contributed by atoms with van der Waals surface area (Å²) in [4.78, 5) is 20.0. The van der Waals surface area contributed by atoms with E-state index in [0.29, 0.717) is 0 Å². The molecule has 2 aromatic heterocycles. The highest BCUT2D eigenvalue weighted by molar-refractivity contribution is 7.15. The van der Waals surface area contributed by atoms with Crippen LogP contribution >= 0.6 is 11.3 Å². The molecule has 7 nitrogen and oxygen atoms in total. The first kappa shape index (κ1) is 13.1. The zero-order chi connectivity index (χ0) is 14.2. The molecule has 2 rings (SSSR count). The molecule has 0 fully saturated rings. The molecule has 0 saturated carbocycles. The number of aromatic nitrogens is 3. The predicted octanol–water partition coefficient (Wildman–Crippen LogP) is 2.11. The SMILES string of the molecule is Nc1ncc([N+](=O)[O-])c(-c2cnc(C(F)(F)F)s2)n1. The molecule has 0 aliphatic carbocycles. The van der Waals surface area contributed by atoms with Crippen molar-refractivity contribution >= 4 is 23.0 Å². The van der Waals surface area contributed by atoms with Gasteiger partial charge in [-0.3, -0.25) is 10.1 Å². The van der Waals surface area contributed by atoms with Crippen LogP contribution < -0.4 is 5.73 Å². The minimum absolute atomic E-state index is 0.104. The number of hydrogen-bond donors (Lipinski definition) is 1. The lowest BCUT2D eigenvalue weighted by Gasteiger charge is -2.00. The highest BCUT2D eigenvalue weighted by Crippen LogP contribution is 2.38. The van der Waals surface area contributed by atoms with Gasteiger partial charge in [-0.05, 0) is 0 Å². The van der Waals surface area contributed by atoms with Crippen molar-refractivity contribution in [3.05, 3.63) is 27.5 Å². The molecular formula is C8H4F3N5O2S. The van der Waals surface area contributed by atoms with Gasteiger partial charge in [0.15, 0.2) is 10.7 Å². The number of alkyl halides is 3. The van der Waals surface area contributed by atoms with Gasteiger partial charge in [-0.25, -0.2) is 15.0 Å². The van der Waals surface area contributed by atoms with Crippen molar-refractivity contribution in [3.8, 4) is 10.6 Å². The number of rotatable bonds is 2. The van der Waals surface area contributed by atoms with E-state index >= 15 is 0 Å². The fourth-order valence-electron chi connectivity index (χ4n) is 1.22. The number of thiazole rings is 1. The minimum Gasteiger partial charge on any atom is -0.368 e. The fraction of sp³-hybridized carbons (Fsp3) is 0.125. The zero-order valence-electron chi connectivity index (χ0n) is 8.88. The van der Waals surface area contributed by atoms with Crippen LogP contribution in [0.1, 0.15) is 5.01 Å². The molecule has 0 radical (unpaired) electrons. The lowest BCUT2D eigenvalue weighted by Crippen LogP contribution is -2.03. The van der Waals surface area contributed by atoms with Crippen LogP contribution in [-0.2, 0) is 6.18 Å². The van der Waals surface area contributed by atoms with Gasteiger partial charge in [-0.15, -0.1) is 11.3 Å². The molecule has 0 unspecified atom stereocenters. The van der Waals surface area contributed by atoms with Crippen molar-refractivity contribution in [2.75, 3.05) is 5.73 Å². The topological polar surface area (TPSA) is 108 Å². The van der Waals surface area contributed by atoms with Crippen LogP contribution in [-0.4, -0.2) is 19.9 Å². The fourth-order valence-corrected chi connectivity index (χ4v) is 2.00. The Morgan fingerprint density at radius 3 is 2.53 bits per heavy atom. The average Bonchev–Trinajstić information content (AvgIpc) is 2.77. The van der Waals surface area contributed by atoms with Crippen molar-refractivity contribution in [2.45, 2.75) is 6.18 Å². The lowest BCUT2D eigenvalue weighted by molar-refractivity contribution is -0.384. The van der Waals surface area contributed by atoms with Gasteiger partial charge in [0.05, 0.1) is 9.80 Å². The maximum Gasteiger partial charge on any atom is 0.443 e. The van der Waals surface area contributed by atoms with Crippen molar-refractivity contribution in [2.24, 2.45) is 0 Å². The molecule has 19 heavy (non-hydrogen) atoms. The van der Waals surface area contributed by atoms with E-state index in [1.54, 1.807) is 0 Å². The maximum absolute atomic E-state index is 12.4. The minimum atomic E-state index is -4.61. The summed E-state index contributed by atoms with van der Waals surface area (Å²) in [7, 11) is 0. The average molecular weight is 291 g/mol. The molecule has 0 atom stereocenters. The lowest BCUT2D eigenvalue weighted by atomic mass is 10.3. The number of halogens is 3. The molecule has 0 saturated heterocycles. The predicted molar refractivity (Wildman–Crippen MR) is 59.2 cm³/mol. The van der Waals surface area contributed by atoms with Crippen LogP contribution in [0, 0.1) is 10.1 Å². The van der Waals surface area contributed by atoms with Crippen LogP contribution in [0.2, 0.25) is 0 Å². The molecule has 0 bridgehead atoms. The first-order valence-electron chi connectivity index (χ1n) is 4.59. The highest BCUT2D eigenvalue weighted by Gasteiger charge is 2.35. The van der Waals surface area contributed by atoms with Crippen LogP contribution in [0.4, 0.5) is 24.8 Å². The molecule has 2 heterocycles. The van der Waals surface area contributed by atoms with E-state index in [0.717, 1.165) is 12.4 Å². The Hall–Kier alpha value is -2.30. The second kappa shape index (κ2) is 4.42. The van der Waals surface area contributed by atoms with E-state index in [1.165, 1.54) is 0 Å². The summed E-state index contributed by atoms with van der Waals surface area (Å²) in [6, 6.07) is 0. The first-order valence-corrected chi connectivity index (χ1v) is 5.41. The smallest absolute Gasteiger partial charge is 0.368 e. The first-order chi connectivity index (χ1) is 8.79. The van der Waals surface area contributed by atoms with Crippen LogP contribution in [0.3, 0.4) is 0 Å². The number of hydrogen-bond acceptors (Lipinski definition) is 7. The molecular weight excluding hydrogens is 287 g/mol. The third kappa shape index (κ3) is 2.59. The Morgan fingerprint density at radius 2 is 2.00 bits per heavy atom. The third-order valence-electron chi connectivity index (χ3n) is 1.97.